The summed E-state index contributed by atoms with van der Waals surface area (Å²) in [7, 11) is 0. The van der Waals surface area contributed by atoms with E-state index in [1.807, 2.05) is 18.3 Å². The van der Waals surface area contributed by atoms with Crippen LogP contribution in [0, 0.1) is 6.92 Å². The smallest absolute Gasteiger partial charge is 0.161 e. The van der Waals surface area contributed by atoms with E-state index in [0.29, 0.717) is 13.2 Å². The van der Waals surface area contributed by atoms with Gasteiger partial charge in [-0.3, -0.25) is 4.98 Å². The van der Waals surface area contributed by atoms with Crippen LogP contribution in [0.15, 0.2) is 36.5 Å². The van der Waals surface area contributed by atoms with Crippen molar-refractivity contribution in [3.05, 3.63) is 53.3 Å². The summed E-state index contributed by atoms with van der Waals surface area (Å²) in [5.41, 5.74) is 3.37. The summed E-state index contributed by atoms with van der Waals surface area (Å²) in [5.74, 6) is 1.63. The molecule has 1 atom stereocenters. The van der Waals surface area contributed by atoms with Crippen molar-refractivity contribution in [1.82, 2.24) is 10.3 Å². The third kappa shape index (κ3) is 2.85. The molecule has 0 fully saturated rings. The van der Waals surface area contributed by atoms with Crippen LogP contribution in [-0.2, 0) is 0 Å². The van der Waals surface area contributed by atoms with Gasteiger partial charge in [-0.2, -0.15) is 0 Å². The second-order valence-corrected chi connectivity index (χ2v) is 5.10. The lowest BCUT2D eigenvalue weighted by Crippen LogP contribution is -2.24. The molecule has 21 heavy (non-hydrogen) atoms. The Bertz CT molecular complexity index is 628. The molecule has 4 nitrogen and oxygen atoms in total. The number of benzene rings is 1. The summed E-state index contributed by atoms with van der Waals surface area (Å²) < 4.78 is 11.3. The molecular formula is C17H20N2O2. The van der Waals surface area contributed by atoms with E-state index in [1.165, 1.54) is 5.56 Å². The second kappa shape index (κ2) is 6.14. The van der Waals surface area contributed by atoms with Gasteiger partial charge in [0.05, 0.1) is 11.7 Å². The molecule has 1 aromatic heterocycles. The Balaban J connectivity index is 1.99. The molecular weight excluding hydrogens is 264 g/mol. The third-order valence-electron chi connectivity index (χ3n) is 3.63. The Morgan fingerprint density at radius 2 is 2.00 bits per heavy atom. The lowest BCUT2D eigenvalue weighted by molar-refractivity contribution is 0.171. The predicted octanol–water partition coefficient (Wildman–Crippen LogP) is 2.86. The highest BCUT2D eigenvalue weighted by Crippen LogP contribution is 2.34. The summed E-state index contributed by atoms with van der Waals surface area (Å²) in [4.78, 5) is 4.55. The summed E-state index contributed by atoms with van der Waals surface area (Å²) in [6.07, 6.45) is 1.84. The lowest BCUT2D eigenvalue weighted by atomic mass is 9.99. The zero-order valence-electron chi connectivity index (χ0n) is 12.4. The molecule has 2 heterocycles. The van der Waals surface area contributed by atoms with Crippen LogP contribution in [0.25, 0.3) is 0 Å². The normalized spacial score (nSPS) is 14.8. The van der Waals surface area contributed by atoms with Crippen LogP contribution >= 0.6 is 0 Å². The molecule has 0 aliphatic carbocycles. The van der Waals surface area contributed by atoms with Gasteiger partial charge in [0.25, 0.3) is 0 Å². The summed E-state index contributed by atoms with van der Waals surface area (Å²) in [5, 5.41) is 3.50. The first kappa shape index (κ1) is 13.9. The SMILES string of the molecule is CCNC(c1ccc2c(c1)OCCO2)c1ncccc1C. The van der Waals surface area contributed by atoms with E-state index in [9.17, 15) is 0 Å². The van der Waals surface area contributed by atoms with Gasteiger partial charge in [-0.1, -0.05) is 19.1 Å². The topological polar surface area (TPSA) is 43.4 Å². The van der Waals surface area contributed by atoms with Gasteiger partial charge >= 0.3 is 0 Å². The first-order valence-electron chi connectivity index (χ1n) is 7.34. The average molecular weight is 284 g/mol. The van der Waals surface area contributed by atoms with Crippen molar-refractivity contribution in [1.29, 1.82) is 0 Å². The molecule has 4 heteroatoms. The van der Waals surface area contributed by atoms with E-state index in [1.54, 1.807) is 0 Å². The first-order valence-corrected chi connectivity index (χ1v) is 7.34. The van der Waals surface area contributed by atoms with Gasteiger partial charge in [-0.05, 0) is 42.8 Å². The zero-order chi connectivity index (χ0) is 14.7. The van der Waals surface area contributed by atoms with E-state index in [0.717, 1.165) is 29.3 Å². The summed E-state index contributed by atoms with van der Waals surface area (Å²) in [6.45, 7) is 6.27. The molecule has 0 saturated heterocycles. The van der Waals surface area contributed by atoms with Crippen molar-refractivity contribution in [2.24, 2.45) is 0 Å². The fourth-order valence-electron chi connectivity index (χ4n) is 2.62. The number of nitrogens with zero attached hydrogens (tertiary/aromatic N) is 1. The molecule has 1 aromatic carbocycles. The van der Waals surface area contributed by atoms with Crippen LogP contribution in [0.1, 0.15) is 29.8 Å². The fourth-order valence-corrected chi connectivity index (χ4v) is 2.62. The molecule has 2 aromatic rings. The quantitative estimate of drug-likeness (QED) is 0.937. The number of pyridine rings is 1. The molecule has 110 valence electrons. The van der Waals surface area contributed by atoms with Crippen LogP contribution < -0.4 is 14.8 Å². The number of ether oxygens (including phenoxy) is 2. The number of fused-ring (bicyclic) bond motifs is 1. The number of nitrogens with one attached hydrogen (secondary N) is 1. The molecule has 1 aliphatic heterocycles. The molecule has 3 rings (SSSR count). The maximum absolute atomic E-state index is 5.69. The maximum atomic E-state index is 5.69. The molecule has 0 bridgehead atoms. The van der Waals surface area contributed by atoms with Crippen LogP contribution in [0.5, 0.6) is 11.5 Å². The van der Waals surface area contributed by atoms with Crippen molar-refractivity contribution >= 4 is 0 Å². The lowest BCUT2D eigenvalue weighted by Gasteiger charge is -2.23. The van der Waals surface area contributed by atoms with Gasteiger partial charge in [0.1, 0.15) is 13.2 Å². The summed E-state index contributed by atoms with van der Waals surface area (Å²) in [6, 6.07) is 10.2. The first-order chi connectivity index (χ1) is 10.3. The number of aryl methyl sites for hydroxylation is 1. The van der Waals surface area contributed by atoms with Crippen LogP contribution in [0.3, 0.4) is 0 Å². The molecule has 0 radical (unpaired) electrons. The van der Waals surface area contributed by atoms with Crippen LogP contribution in [-0.4, -0.2) is 24.7 Å². The van der Waals surface area contributed by atoms with Gasteiger partial charge in [-0.15, -0.1) is 0 Å². The number of aromatic nitrogens is 1. The Morgan fingerprint density at radius 1 is 1.19 bits per heavy atom. The average Bonchev–Trinajstić information content (AvgIpc) is 2.53. The zero-order valence-corrected chi connectivity index (χ0v) is 12.4. The minimum Gasteiger partial charge on any atom is -0.486 e. The standard InChI is InChI=1S/C17H20N2O2/c1-3-18-17(16-12(2)5-4-8-19-16)13-6-7-14-15(11-13)21-10-9-20-14/h4-8,11,17-18H,3,9-10H2,1-2H3. The van der Waals surface area contributed by atoms with Crippen molar-refractivity contribution in [2.45, 2.75) is 19.9 Å². The van der Waals surface area contributed by atoms with Gasteiger partial charge in [0.2, 0.25) is 0 Å². The predicted molar refractivity (Wildman–Crippen MR) is 81.9 cm³/mol. The van der Waals surface area contributed by atoms with Gasteiger partial charge in [0, 0.05) is 6.20 Å². The van der Waals surface area contributed by atoms with Gasteiger partial charge in [-0.25, -0.2) is 0 Å². The molecule has 1 unspecified atom stereocenters. The molecule has 0 amide bonds. The highest BCUT2D eigenvalue weighted by Gasteiger charge is 2.19. The summed E-state index contributed by atoms with van der Waals surface area (Å²) >= 11 is 0. The van der Waals surface area contributed by atoms with E-state index < -0.39 is 0 Å². The molecule has 1 N–H and O–H groups in total. The van der Waals surface area contributed by atoms with E-state index in [4.69, 9.17) is 9.47 Å². The van der Waals surface area contributed by atoms with E-state index in [-0.39, 0.29) is 6.04 Å². The van der Waals surface area contributed by atoms with E-state index in [2.05, 4.69) is 42.3 Å². The van der Waals surface area contributed by atoms with Gasteiger partial charge < -0.3 is 14.8 Å². The maximum Gasteiger partial charge on any atom is 0.161 e. The Kier molecular flexibility index (Phi) is 4.06. The second-order valence-electron chi connectivity index (χ2n) is 5.10. The Hall–Kier alpha value is -2.07. The number of rotatable bonds is 4. The fraction of sp³-hybridized carbons (Fsp3) is 0.353. The molecule has 0 spiro atoms. The van der Waals surface area contributed by atoms with Crippen LogP contribution in [0.2, 0.25) is 0 Å². The largest absolute Gasteiger partial charge is 0.486 e. The Morgan fingerprint density at radius 3 is 2.76 bits per heavy atom. The van der Waals surface area contributed by atoms with E-state index >= 15 is 0 Å². The highest BCUT2D eigenvalue weighted by molar-refractivity contribution is 5.46. The number of hydrogen-bond acceptors (Lipinski definition) is 4. The minimum atomic E-state index is 0.0621. The minimum absolute atomic E-state index is 0.0621. The third-order valence-corrected chi connectivity index (χ3v) is 3.63. The Labute approximate surface area is 125 Å². The monoisotopic (exact) mass is 284 g/mol. The van der Waals surface area contributed by atoms with Gasteiger partial charge in [0.15, 0.2) is 11.5 Å². The van der Waals surface area contributed by atoms with Crippen molar-refractivity contribution in [3.63, 3.8) is 0 Å². The highest BCUT2D eigenvalue weighted by atomic mass is 16.6. The van der Waals surface area contributed by atoms with Crippen molar-refractivity contribution in [3.8, 4) is 11.5 Å². The molecule has 0 saturated carbocycles. The molecule has 1 aliphatic rings. The number of hydrogen-bond donors (Lipinski definition) is 1. The van der Waals surface area contributed by atoms with Crippen molar-refractivity contribution in [2.75, 3.05) is 19.8 Å². The van der Waals surface area contributed by atoms with Crippen molar-refractivity contribution < 1.29 is 9.47 Å². The van der Waals surface area contributed by atoms with Crippen LogP contribution in [0.4, 0.5) is 0 Å².